The van der Waals surface area contributed by atoms with E-state index in [9.17, 15) is 5.11 Å². The van der Waals surface area contributed by atoms with E-state index in [2.05, 4.69) is 40.8 Å². The first-order chi connectivity index (χ1) is 14.2. The van der Waals surface area contributed by atoms with Gasteiger partial charge in [0, 0.05) is 37.6 Å². The molecule has 0 bridgehead atoms. The number of aryl methyl sites for hydroxylation is 1. The summed E-state index contributed by atoms with van der Waals surface area (Å²) in [7, 11) is 0. The molecule has 1 aliphatic rings. The predicted molar refractivity (Wildman–Crippen MR) is 111 cm³/mol. The molecule has 0 spiro atoms. The Labute approximate surface area is 171 Å². The Balaban J connectivity index is 1.37. The Bertz CT molecular complexity index is 1110. The number of nitrogens with zero attached hydrogens (tertiary/aromatic N) is 6. The number of nitrogens with one attached hydrogen (secondary N) is 2. The van der Waals surface area contributed by atoms with Crippen LogP contribution in [0.25, 0.3) is 16.9 Å². The molecule has 0 aromatic carbocycles. The Morgan fingerprint density at radius 1 is 1.31 bits per heavy atom. The number of hydrogen-bond acceptors (Lipinski definition) is 8. The van der Waals surface area contributed by atoms with Crippen molar-refractivity contribution in [3.63, 3.8) is 0 Å². The van der Waals surface area contributed by atoms with Gasteiger partial charge in [-0.15, -0.1) is 0 Å². The third-order valence-corrected chi connectivity index (χ3v) is 5.89. The Morgan fingerprint density at radius 2 is 2.17 bits per heavy atom. The summed E-state index contributed by atoms with van der Waals surface area (Å²) in [6.45, 7) is 4.58. The van der Waals surface area contributed by atoms with Crippen molar-refractivity contribution in [1.29, 1.82) is 0 Å². The van der Waals surface area contributed by atoms with E-state index in [-0.39, 0.29) is 6.10 Å². The summed E-state index contributed by atoms with van der Waals surface area (Å²) in [5, 5.41) is 20.9. The van der Waals surface area contributed by atoms with Crippen LogP contribution < -0.4 is 5.32 Å². The van der Waals surface area contributed by atoms with Gasteiger partial charge in [-0.05, 0) is 37.4 Å². The van der Waals surface area contributed by atoms with E-state index in [4.69, 9.17) is 0 Å². The smallest absolute Gasteiger partial charge is 0.180 e. The summed E-state index contributed by atoms with van der Waals surface area (Å²) in [5.74, 6) is 0.705. The molecule has 3 N–H and O–H groups in total. The van der Waals surface area contributed by atoms with Crippen LogP contribution in [-0.2, 0) is 6.54 Å². The number of aromatic amines is 1. The monoisotopic (exact) mass is 410 g/mol. The highest BCUT2D eigenvalue weighted by Crippen LogP contribution is 2.27. The summed E-state index contributed by atoms with van der Waals surface area (Å²) in [4.78, 5) is 11.5. The molecule has 0 saturated carbocycles. The lowest BCUT2D eigenvalue weighted by molar-refractivity contribution is 0.0788. The van der Waals surface area contributed by atoms with Crippen molar-refractivity contribution in [2.24, 2.45) is 0 Å². The molecule has 29 heavy (non-hydrogen) atoms. The van der Waals surface area contributed by atoms with Crippen LogP contribution in [0.2, 0.25) is 0 Å². The average Bonchev–Trinajstić information content (AvgIpc) is 3.44. The van der Waals surface area contributed by atoms with Crippen LogP contribution in [0.3, 0.4) is 0 Å². The Morgan fingerprint density at radius 3 is 2.97 bits per heavy atom. The number of rotatable bonds is 5. The van der Waals surface area contributed by atoms with Crippen LogP contribution in [0.1, 0.15) is 24.2 Å². The maximum absolute atomic E-state index is 9.66. The molecule has 5 rings (SSSR count). The van der Waals surface area contributed by atoms with Gasteiger partial charge >= 0.3 is 0 Å². The maximum Gasteiger partial charge on any atom is 0.180 e. The van der Waals surface area contributed by atoms with Crippen molar-refractivity contribution in [3.05, 3.63) is 42.2 Å². The highest BCUT2D eigenvalue weighted by atomic mass is 32.1. The number of H-pyrrole nitrogens is 1. The van der Waals surface area contributed by atoms with Crippen molar-refractivity contribution in [2.45, 2.75) is 32.4 Å². The van der Waals surface area contributed by atoms with Crippen LogP contribution in [-0.4, -0.2) is 58.1 Å². The zero-order chi connectivity index (χ0) is 19.8. The van der Waals surface area contributed by atoms with Gasteiger partial charge in [-0.1, -0.05) is 0 Å². The fourth-order valence-electron chi connectivity index (χ4n) is 3.67. The number of anilines is 2. The molecule has 0 amide bonds. The number of imidazole rings is 1. The number of hydrogen-bond donors (Lipinski definition) is 3. The lowest BCUT2D eigenvalue weighted by Gasteiger charge is -2.28. The molecule has 1 fully saturated rings. The zero-order valence-electron chi connectivity index (χ0n) is 16.0. The summed E-state index contributed by atoms with van der Waals surface area (Å²) < 4.78 is 6.61. The van der Waals surface area contributed by atoms with E-state index < -0.39 is 0 Å². The van der Waals surface area contributed by atoms with Crippen molar-refractivity contribution < 1.29 is 5.11 Å². The molecular weight excluding hydrogens is 388 g/mol. The van der Waals surface area contributed by atoms with Crippen molar-refractivity contribution in [3.8, 4) is 11.3 Å². The van der Waals surface area contributed by atoms with Gasteiger partial charge in [0.1, 0.15) is 5.00 Å². The number of fused-ring (bicyclic) bond motifs is 1. The van der Waals surface area contributed by atoms with Gasteiger partial charge in [-0.25, -0.2) is 9.97 Å². The van der Waals surface area contributed by atoms with Crippen LogP contribution in [0.5, 0.6) is 0 Å². The van der Waals surface area contributed by atoms with Gasteiger partial charge in [0.2, 0.25) is 0 Å². The molecule has 9 nitrogen and oxygen atoms in total. The highest BCUT2D eigenvalue weighted by molar-refractivity contribution is 7.10. The summed E-state index contributed by atoms with van der Waals surface area (Å²) in [6.07, 6.45) is 8.94. The maximum atomic E-state index is 9.66. The summed E-state index contributed by atoms with van der Waals surface area (Å²) in [6, 6.07) is 2.07. The lowest BCUT2D eigenvalue weighted by atomic mass is 10.1. The normalized spacial score (nSPS) is 15.9. The standard InChI is InChI=1S/C19H22N8OS/c1-12-10-27-16(13-7-21-22-8-13)9-20-19(27)18(23-12)24-17-6-14(25-29-17)11-26-4-2-15(28)3-5-26/h6-10,15,28H,2-5,11H2,1H3,(H,21,22)(H,23,24). The van der Waals surface area contributed by atoms with Gasteiger partial charge < -0.3 is 10.4 Å². The predicted octanol–water partition coefficient (Wildman–Crippen LogP) is 2.58. The molecule has 1 aliphatic heterocycles. The van der Waals surface area contributed by atoms with E-state index >= 15 is 0 Å². The zero-order valence-corrected chi connectivity index (χ0v) is 16.9. The topological polar surface area (TPSA) is 107 Å². The van der Waals surface area contributed by atoms with E-state index in [1.807, 2.05) is 29.9 Å². The highest BCUT2D eigenvalue weighted by Gasteiger charge is 2.18. The van der Waals surface area contributed by atoms with Crippen LogP contribution in [0, 0.1) is 6.92 Å². The molecular formula is C19H22N8OS. The third kappa shape index (κ3) is 3.74. The molecule has 0 aliphatic carbocycles. The summed E-state index contributed by atoms with van der Waals surface area (Å²) >= 11 is 1.42. The average molecular weight is 411 g/mol. The second-order valence-electron chi connectivity index (χ2n) is 7.37. The fraction of sp³-hybridized carbons (Fsp3) is 0.368. The molecule has 0 radical (unpaired) electrons. The van der Waals surface area contributed by atoms with Gasteiger partial charge in [-0.3, -0.25) is 14.4 Å². The first kappa shape index (κ1) is 18.2. The van der Waals surface area contributed by atoms with Crippen molar-refractivity contribution in [1.82, 2.24) is 33.8 Å². The van der Waals surface area contributed by atoms with Crippen LogP contribution in [0.15, 0.2) is 30.9 Å². The quantitative estimate of drug-likeness (QED) is 0.464. The Hall–Kier alpha value is -2.82. The van der Waals surface area contributed by atoms with Crippen molar-refractivity contribution >= 4 is 28.0 Å². The third-order valence-electron chi connectivity index (χ3n) is 5.15. The second-order valence-corrected chi connectivity index (χ2v) is 8.17. The molecule has 150 valence electrons. The minimum absolute atomic E-state index is 0.157. The molecule has 4 aromatic rings. The number of aliphatic hydroxyl groups is 1. The SMILES string of the molecule is Cc1cn2c(-c3cn[nH]c3)cnc2c(Nc2cc(CN3CCC(O)CC3)ns2)n1. The number of aliphatic hydroxyl groups excluding tert-OH is 1. The van der Waals surface area contributed by atoms with Gasteiger partial charge in [0.05, 0.1) is 35.6 Å². The van der Waals surface area contributed by atoms with E-state index in [0.29, 0.717) is 5.82 Å². The van der Waals surface area contributed by atoms with Crippen LogP contribution >= 0.6 is 11.5 Å². The first-order valence-electron chi connectivity index (χ1n) is 9.62. The number of likely N-dealkylation sites (tertiary alicyclic amines) is 1. The molecule has 1 saturated heterocycles. The van der Waals surface area contributed by atoms with E-state index in [1.165, 1.54) is 11.5 Å². The molecule has 10 heteroatoms. The van der Waals surface area contributed by atoms with Gasteiger partial charge in [-0.2, -0.15) is 9.47 Å². The Kier molecular flexibility index (Phi) is 4.74. The van der Waals surface area contributed by atoms with E-state index in [1.54, 1.807) is 6.20 Å². The largest absolute Gasteiger partial charge is 0.393 e. The van der Waals surface area contributed by atoms with Crippen molar-refractivity contribution in [2.75, 3.05) is 18.4 Å². The number of piperidine rings is 1. The first-order valence-corrected chi connectivity index (χ1v) is 10.4. The minimum Gasteiger partial charge on any atom is -0.393 e. The van der Waals surface area contributed by atoms with Gasteiger partial charge in [0.15, 0.2) is 11.5 Å². The minimum atomic E-state index is -0.157. The van der Waals surface area contributed by atoms with Crippen LogP contribution in [0.4, 0.5) is 10.8 Å². The molecule has 0 atom stereocenters. The molecule has 4 aromatic heterocycles. The van der Waals surface area contributed by atoms with E-state index in [0.717, 1.165) is 65.8 Å². The second kappa shape index (κ2) is 7.54. The summed E-state index contributed by atoms with van der Waals surface area (Å²) in [5.41, 5.74) is 4.60. The molecule has 0 unspecified atom stereocenters. The van der Waals surface area contributed by atoms with Gasteiger partial charge in [0.25, 0.3) is 0 Å². The molecule has 5 heterocycles. The fourth-order valence-corrected chi connectivity index (χ4v) is 4.32. The lowest BCUT2D eigenvalue weighted by Crippen LogP contribution is -2.35. The number of aromatic nitrogens is 6.